The predicted molar refractivity (Wildman–Crippen MR) is 66.1 cm³/mol. The van der Waals surface area contributed by atoms with Crippen molar-refractivity contribution in [2.24, 2.45) is 0 Å². The smallest absolute Gasteiger partial charge is 0.366 e. The van der Waals surface area contributed by atoms with Gasteiger partial charge in [-0.3, -0.25) is 0 Å². The Morgan fingerprint density at radius 3 is 1.53 bits per heavy atom. The van der Waals surface area contributed by atoms with Crippen molar-refractivity contribution in [3.63, 3.8) is 0 Å². The third-order valence-electron chi connectivity index (χ3n) is 2.39. The number of rotatable bonds is 10. The lowest BCUT2D eigenvalue weighted by atomic mass is 10.5. The summed E-state index contributed by atoms with van der Waals surface area (Å²) in [6, 6.07) is 0. The Morgan fingerprint density at radius 1 is 0.867 bits per heavy atom. The van der Waals surface area contributed by atoms with Crippen molar-refractivity contribution < 1.29 is 8.85 Å². The molecule has 0 aliphatic carbocycles. The molecule has 0 fully saturated rings. The summed E-state index contributed by atoms with van der Waals surface area (Å²) in [6.07, 6.45) is 3.98. The molecule has 0 aliphatic heterocycles. The molecule has 5 heteroatoms. The van der Waals surface area contributed by atoms with Gasteiger partial charge < -0.3 is 19.5 Å². The summed E-state index contributed by atoms with van der Waals surface area (Å²) >= 11 is 0. The molecule has 0 amide bonds. The van der Waals surface area contributed by atoms with Gasteiger partial charge in [-0.1, -0.05) is 13.8 Å². The van der Waals surface area contributed by atoms with E-state index < -0.39 is 8.56 Å². The molecule has 0 saturated heterocycles. The lowest BCUT2D eigenvalue weighted by Gasteiger charge is -2.27. The van der Waals surface area contributed by atoms with Crippen molar-refractivity contribution in [2.45, 2.75) is 26.7 Å². The topological polar surface area (TPSA) is 42.5 Å². The van der Waals surface area contributed by atoms with Crippen LogP contribution in [0, 0.1) is 0 Å². The van der Waals surface area contributed by atoms with Crippen molar-refractivity contribution in [1.29, 1.82) is 0 Å². The Morgan fingerprint density at radius 2 is 1.27 bits per heavy atom. The summed E-state index contributed by atoms with van der Waals surface area (Å²) in [6.45, 7) is 6.36. The summed E-state index contributed by atoms with van der Waals surface area (Å²) in [5, 5.41) is 6.75. The van der Waals surface area contributed by atoms with E-state index in [0.29, 0.717) is 0 Å². The van der Waals surface area contributed by atoms with E-state index in [4.69, 9.17) is 8.85 Å². The van der Waals surface area contributed by atoms with Crippen LogP contribution in [0.4, 0.5) is 0 Å². The van der Waals surface area contributed by atoms with Crippen LogP contribution in [0.1, 0.15) is 26.7 Å². The first kappa shape index (κ1) is 15.1. The molecule has 0 spiro atoms. The second-order valence-corrected chi connectivity index (χ2v) is 7.02. The highest BCUT2D eigenvalue weighted by Gasteiger charge is 2.34. The van der Waals surface area contributed by atoms with E-state index in [-0.39, 0.29) is 0 Å². The highest BCUT2D eigenvalue weighted by Crippen LogP contribution is 2.02. The monoisotopic (exact) mass is 234 g/mol. The second kappa shape index (κ2) is 9.29. The van der Waals surface area contributed by atoms with Crippen molar-refractivity contribution in [3.05, 3.63) is 0 Å². The average molecular weight is 234 g/mol. The first-order valence-electron chi connectivity index (χ1n) is 5.76. The Hall–Kier alpha value is 0.0569. The Bertz CT molecular complexity index is 131. The fraction of sp³-hybridized carbons (Fsp3) is 1.00. The molecule has 0 aromatic carbocycles. The molecule has 0 aliphatic rings. The molecule has 0 bridgehead atoms. The second-order valence-electron chi connectivity index (χ2n) is 3.67. The molecule has 0 heterocycles. The van der Waals surface area contributed by atoms with Crippen LogP contribution in [0.25, 0.3) is 0 Å². The van der Waals surface area contributed by atoms with E-state index in [1.54, 1.807) is 14.2 Å². The fourth-order valence-corrected chi connectivity index (χ4v) is 3.33. The van der Waals surface area contributed by atoms with Crippen molar-refractivity contribution in [3.8, 4) is 0 Å². The summed E-state index contributed by atoms with van der Waals surface area (Å²) < 4.78 is 11.1. The maximum atomic E-state index is 5.57. The van der Waals surface area contributed by atoms with Gasteiger partial charge in [0.2, 0.25) is 0 Å². The van der Waals surface area contributed by atoms with Crippen LogP contribution in [-0.2, 0) is 8.85 Å². The van der Waals surface area contributed by atoms with Gasteiger partial charge in [0.1, 0.15) is 0 Å². The van der Waals surface area contributed by atoms with Crippen LogP contribution in [-0.4, -0.2) is 48.2 Å². The molecule has 15 heavy (non-hydrogen) atoms. The quantitative estimate of drug-likeness (QED) is 0.433. The summed E-state index contributed by atoms with van der Waals surface area (Å²) in [5.41, 5.74) is 0. The van der Waals surface area contributed by atoms with Crippen molar-refractivity contribution in [2.75, 3.05) is 39.6 Å². The van der Waals surface area contributed by atoms with E-state index in [9.17, 15) is 0 Å². The zero-order chi connectivity index (χ0) is 11.6. The van der Waals surface area contributed by atoms with Gasteiger partial charge in [-0.15, -0.1) is 0 Å². The Kier molecular flexibility index (Phi) is 9.33. The zero-order valence-electron chi connectivity index (χ0n) is 10.6. The molecule has 2 N–H and O–H groups in total. The molecule has 0 aromatic rings. The van der Waals surface area contributed by atoms with Crippen LogP contribution in [0.15, 0.2) is 0 Å². The lowest BCUT2D eigenvalue weighted by molar-refractivity contribution is 0.236. The molecule has 0 radical (unpaired) electrons. The standard InChI is InChI=1S/C10H26N2O2Si/c1-5-7-11-9-15(13-3,14-4)10-12-8-6-2/h11-12H,5-10H2,1-4H3. The third kappa shape index (κ3) is 6.27. The lowest BCUT2D eigenvalue weighted by Crippen LogP contribution is -2.57. The first-order chi connectivity index (χ1) is 7.24. The first-order valence-corrected chi connectivity index (χ1v) is 7.99. The fourth-order valence-electron chi connectivity index (χ4n) is 1.35. The number of hydrogen-bond donors (Lipinski definition) is 2. The largest absolute Gasteiger partial charge is 0.396 e. The van der Waals surface area contributed by atoms with Crippen LogP contribution in [0.3, 0.4) is 0 Å². The molecule has 0 atom stereocenters. The van der Waals surface area contributed by atoms with Crippen LogP contribution in [0.5, 0.6) is 0 Å². The van der Waals surface area contributed by atoms with Gasteiger partial charge in [0.15, 0.2) is 0 Å². The van der Waals surface area contributed by atoms with E-state index in [2.05, 4.69) is 24.5 Å². The molecule has 4 nitrogen and oxygen atoms in total. The highest BCUT2D eigenvalue weighted by molar-refractivity contribution is 6.67. The molecule has 0 aromatic heterocycles. The minimum Gasteiger partial charge on any atom is -0.396 e. The van der Waals surface area contributed by atoms with E-state index in [1.165, 1.54) is 0 Å². The Balaban J connectivity index is 3.93. The zero-order valence-corrected chi connectivity index (χ0v) is 11.6. The summed E-state index contributed by atoms with van der Waals surface area (Å²) in [5.74, 6) is 0. The minimum absolute atomic E-state index is 0.852. The molecular formula is C10H26N2O2Si. The van der Waals surface area contributed by atoms with Crippen molar-refractivity contribution in [1.82, 2.24) is 10.6 Å². The average Bonchev–Trinajstić information content (AvgIpc) is 2.28. The van der Waals surface area contributed by atoms with Gasteiger partial charge in [-0.2, -0.15) is 0 Å². The van der Waals surface area contributed by atoms with Gasteiger partial charge in [0.25, 0.3) is 0 Å². The van der Waals surface area contributed by atoms with E-state index in [1.807, 2.05) is 0 Å². The normalized spacial score (nSPS) is 12.0. The molecule has 0 unspecified atom stereocenters. The van der Waals surface area contributed by atoms with Gasteiger partial charge in [-0.05, 0) is 25.9 Å². The third-order valence-corrected chi connectivity index (χ3v) is 5.45. The van der Waals surface area contributed by atoms with Gasteiger partial charge in [0.05, 0.1) is 0 Å². The highest BCUT2D eigenvalue weighted by atomic mass is 28.4. The summed E-state index contributed by atoms with van der Waals surface area (Å²) in [4.78, 5) is 0. The van der Waals surface area contributed by atoms with Gasteiger partial charge in [0, 0.05) is 26.6 Å². The molecule has 0 saturated carbocycles. The summed E-state index contributed by atoms with van der Waals surface area (Å²) in [7, 11) is 1.45. The van der Waals surface area contributed by atoms with Gasteiger partial charge in [-0.25, -0.2) is 0 Å². The van der Waals surface area contributed by atoms with E-state index in [0.717, 1.165) is 38.3 Å². The van der Waals surface area contributed by atoms with E-state index >= 15 is 0 Å². The number of hydrogen-bond acceptors (Lipinski definition) is 4. The van der Waals surface area contributed by atoms with Crippen LogP contribution >= 0.6 is 0 Å². The molecular weight excluding hydrogens is 208 g/mol. The molecule has 92 valence electrons. The minimum atomic E-state index is -2.04. The van der Waals surface area contributed by atoms with Crippen LogP contribution in [0.2, 0.25) is 0 Å². The number of nitrogens with one attached hydrogen (secondary N) is 2. The molecule has 0 rings (SSSR count). The Labute approximate surface area is 95.0 Å². The SMILES string of the molecule is CCCNC[Si](CNCCC)(OC)OC. The van der Waals surface area contributed by atoms with Crippen LogP contribution < -0.4 is 10.6 Å². The maximum Gasteiger partial charge on any atom is 0.366 e. The van der Waals surface area contributed by atoms with Gasteiger partial charge >= 0.3 is 8.56 Å². The van der Waals surface area contributed by atoms with Crippen molar-refractivity contribution >= 4 is 8.56 Å². The maximum absolute atomic E-state index is 5.57. The predicted octanol–water partition coefficient (Wildman–Crippen LogP) is 0.799.